The molecule has 0 atom stereocenters. The third kappa shape index (κ3) is 5.41. The first kappa shape index (κ1) is 18.1. The first-order valence-corrected chi connectivity index (χ1v) is 7.22. The minimum Gasteiger partial charge on any atom is -0.457 e. The van der Waals surface area contributed by atoms with Crippen LogP contribution >= 0.6 is 0 Å². The van der Waals surface area contributed by atoms with Gasteiger partial charge in [0.05, 0.1) is 11.8 Å². The van der Waals surface area contributed by atoms with Gasteiger partial charge in [-0.25, -0.2) is 9.18 Å². The SMILES string of the molecule is CC(C)(C)OC(=O)Nc1ccc(Oc2ccnc([N+](=O)[O-])c2)cc1F. The van der Waals surface area contributed by atoms with Gasteiger partial charge in [-0.1, -0.05) is 0 Å². The normalized spacial score (nSPS) is 10.9. The fraction of sp³-hybridized carbons (Fsp3) is 0.250. The quantitative estimate of drug-likeness (QED) is 0.653. The molecule has 1 heterocycles. The third-order valence-corrected chi connectivity index (χ3v) is 2.72. The molecule has 0 aliphatic heterocycles. The Hall–Kier alpha value is -3.23. The van der Waals surface area contributed by atoms with E-state index in [0.29, 0.717) is 0 Å². The number of nitrogens with zero attached hydrogens (tertiary/aromatic N) is 2. The number of benzene rings is 1. The van der Waals surface area contributed by atoms with E-state index in [9.17, 15) is 19.3 Å². The van der Waals surface area contributed by atoms with Crippen molar-refractivity contribution >= 4 is 17.6 Å². The largest absolute Gasteiger partial charge is 0.457 e. The molecule has 0 bridgehead atoms. The van der Waals surface area contributed by atoms with E-state index in [2.05, 4.69) is 10.3 Å². The smallest absolute Gasteiger partial charge is 0.412 e. The van der Waals surface area contributed by atoms with Crippen LogP contribution in [0.15, 0.2) is 36.5 Å². The molecule has 132 valence electrons. The summed E-state index contributed by atoms with van der Waals surface area (Å²) in [7, 11) is 0. The minimum atomic E-state index is -0.787. The maximum Gasteiger partial charge on any atom is 0.412 e. The number of carbonyl (C=O) groups is 1. The van der Waals surface area contributed by atoms with Crippen LogP contribution in [0.25, 0.3) is 0 Å². The Bertz CT molecular complexity index is 805. The fourth-order valence-electron chi connectivity index (χ4n) is 1.77. The second kappa shape index (κ2) is 7.12. The lowest BCUT2D eigenvalue weighted by molar-refractivity contribution is -0.389. The average Bonchev–Trinajstić information content (AvgIpc) is 2.48. The van der Waals surface area contributed by atoms with Gasteiger partial charge in [0.25, 0.3) is 0 Å². The molecule has 0 spiro atoms. The lowest BCUT2D eigenvalue weighted by Gasteiger charge is -2.19. The lowest BCUT2D eigenvalue weighted by Crippen LogP contribution is -2.27. The van der Waals surface area contributed by atoms with Crippen molar-refractivity contribution < 1.29 is 23.6 Å². The van der Waals surface area contributed by atoms with Crippen LogP contribution in [0.3, 0.4) is 0 Å². The second-order valence-electron chi connectivity index (χ2n) is 5.98. The summed E-state index contributed by atoms with van der Waals surface area (Å²) in [6.45, 7) is 5.06. The van der Waals surface area contributed by atoms with Crippen LogP contribution in [0.4, 0.5) is 20.7 Å². The molecule has 1 N–H and O–H groups in total. The van der Waals surface area contributed by atoms with Crippen LogP contribution < -0.4 is 10.1 Å². The van der Waals surface area contributed by atoms with Crippen molar-refractivity contribution in [3.8, 4) is 11.5 Å². The van der Waals surface area contributed by atoms with Crippen molar-refractivity contribution in [1.82, 2.24) is 4.98 Å². The van der Waals surface area contributed by atoms with Crippen molar-refractivity contribution in [1.29, 1.82) is 0 Å². The highest BCUT2D eigenvalue weighted by atomic mass is 19.1. The minimum absolute atomic E-state index is 0.0812. The number of hydrogen-bond acceptors (Lipinski definition) is 6. The molecule has 0 aliphatic rings. The molecule has 0 saturated carbocycles. The molecule has 0 fully saturated rings. The van der Waals surface area contributed by atoms with Crippen LogP contribution in [0.1, 0.15) is 20.8 Å². The van der Waals surface area contributed by atoms with Crippen molar-refractivity contribution in [3.63, 3.8) is 0 Å². The van der Waals surface area contributed by atoms with Crippen molar-refractivity contribution in [2.45, 2.75) is 26.4 Å². The topological polar surface area (TPSA) is 104 Å². The number of ether oxygens (including phenoxy) is 2. The summed E-state index contributed by atoms with van der Waals surface area (Å²) in [4.78, 5) is 25.2. The number of pyridine rings is 1. The van der Waals surface area contributed by atoms with E-state index in [1.54, 1.807) is 20.8 Å². The summed E-state index contributed by atoms with van der Waals surface area (Å²) in [5, 5.41) is 13.0. The molecule has 2 rings (SSSR count). The molecule has 0 aliphatic carbocycles. The van der Waals surface area contributed by atoms with Crippen LogP contribution in [0, 0.1) is 15.9 Å². The molecule has 1 amide bonds. The van der Waals surface area contributed by atoms with Gasteiger partial charge in [-0.3, -0.25) is 5.32 Å². The van der Waals surface area contributed by atoms with E-state index in [0.717, 1.165) is 12.1 Å². The summed E-state index contributed by atoms with van der Waals surface area (Å²) in [6.07, 6.45) is 0.423. The number of nitro groups is 1. The molecule has 1 aromatic carbocycles. The van der Waals surface area contributed by atoms with Crippen LogP contribution in [0.2, 0.25) is 0 Å². The van der Waals surface area contributed by atoms with Crippen LogP contribution in [-0.4, -0.2) is 21.6 Å². The van der Waals surface area contributed by atoms with Crippen molar-refractivity contribution in [2.75, 3.05) is 5.32 Å². The zero-order chi connectivity index (χ0) is 18.6. The number of aromatic nitrogens is 1. The van der Waals surface area contributed by atoms with E-state index in [1.807, 2.05) is 0 Å². The zero-order valence-corrected chi connectivity index (χ0v) is 13.8. The van der Waals surface area contributed by atoms with Crippen LogP contribution in [-0.2, 0) is 4.74 Å². The number of hydrogen-bond donors (Lipinski definition) is 1. The maximum atomic E-state index is 14.1. The zero-order valence-electron chi connectivity index (χ0n) is 13.8. The van der Waals surface area contributed by atoms with Gasteiger partial charge in [0.15, 0.2) is 5.82 Å². The molecule has 0 radical (unpaired) electrons. The number of nitrogens with one attached hydrogen (secondary N) is 1. The van der Waals surface area contributed by atoms with Gasteiger partial charge in [-0.15, -0.1) is 0 Å². The highest BCUT2D eigenvalue weighted by molar-refractivity contribution is 5.85. The standard InChI is InChI=1S/C16H16FN3O5/c1-16(2,3)25-15(21)19-13-5-4-10(8-12(13)17)24-11-6-7-18-14(9-11)20(22)23/h4-9H,1-3H3,(H,19,21). The molecule has 0 unspecified atom stereocenters. The molecule has 8 nitrogen and oxygen atoms in total. The summed E-state index contributed by atoms with van der Waals surface area (Å²) < 4.78 is 24.5. The number of anilines is 1. The Kier molecular flexibility index (Phi) is 5.16. The van der Waals surface area contributed by atoms with Gasteiger partial charge >= 0.3 is 11.9 Å². The summed E-state index contributed by atoms with van der Waals surface area (Å²) >= 11 is 0. The monoisotopic (exact) mass is 349 g/mol. The maximum absolute atomic E-state index is 14.1. The van der Waals surface area contributed by atoms with Gasteiger partial charge in [0, 0.05) is 12.1 Å². The highest BCUT2D eigenvalue weighted by Crippen LogP contribution is 2.27. The molecule has 25 heavy (non-hydrogen) atoms. The molecule has 0 saturated heterocycles. The van der Waals surface area contributed by atoms with Crippen molar-refractivity contribution in [2.24, 2.45) is 0 Å². The van der Waals surface area contributed by atoms with E-state index in [1.165, 1.54) is 24.4 Å². The summed E-state index contributed by atoms with van der Waals surface area (Å²) in [6, 6.07) is 6.26. The van der Waals surface area contributed by atoms with Crippen molar-refractivity contribution in [3.05, 3.63) is 52.5 Å². The number of rotatable bonds is 4. The predicted octanol–water partition coefficient (Wildman–Crippen LogP) is 4.27. The van der Waals surface area contributed by atoms with Gasteiger partial charge < -0.3 is 19.6 Å². The Morgan fingerprint density at radius 1 is 1.24 bits per heavy atom. The molecule has 1 aromatic heterocycles. The first-order chi connectivity index (χ1) is 11.6. The third-order valence-electron chi connectivity index (χ3n) is 2.72. The number of halogens is 1. The van der Waals surface area contributed by atoms with Crippen LogP contribution in [0.5, 0.6) is 11.5 Å². The average molecular weight is 349 g/mol. The van der Waals surface area contributed by atoms with Gasteiger partial charge in [0.2, 0.25) is 0 Å². The molecular weight excluding hydrogens is 333 g/mol. The Morgan fingerprint density at radius 2 is 1.92 bits per heavy atom. The van der Waals surface area contributed by atoms with E-state index >= 15 is 0 Å². The highest BCUT2D eigenvalue weighted by Gasteiger charge is 2.17. The molecule has 9 heteroatoms. The first-order valence-electron chi connectivity index (χ1n) is 7.22. The second-order valence-corrected chi connectivity index (χ2v) is 5.98. The summed E-state index contributed by atoms with van der Waals surface area (Å²) in [5.41, 5.74) is -0.790. The summed E-state index contributed by atoms with van der Waals surface area (Å²) in [5.74, 6) is -0.894. The number of amides is 1. The van der Waals surface area contributed by atoms with Gasteiger partial charge in [0.1, 0.15) is 23.3 Å². The predicted molar refractivity (Wildman–Crippen MR) is 87.2 cm³/mol. The molecular formula is C16H16FN3O5. The van der Waals surface area contributed by atoms with E-state index < -0.39 is 22.4 Å². The van der Waals surface area contributed by atoms with E-state index in [4.69, 9.17) is 9.47 Å². The van der Waals surface area contributed by atoms with Gasteiger partial charge in [-0.05, 0) is 42.8 Å². The Morgan fingerprint density at radius 3 is 2.52 bits per heavy atom. The Labute approximate surface area is 142 Å². The van der Waals surface area contributed by atoms with E-state index in [-0.39, 0.29) is 23.0 Å². The Balaban J connectivity index is 2.10. The fourth-order valence-corrected chi connectivity index (χ4v) is 1.77. The van der Waals surface area contributed by atoms with Gasteiger partial charge in [-0.2, -0.15) is 0 Å². The lowest BCUT2D eigenvalue weighted by atomic mass is 10.2. The molecule has 2 aromatic rings. The number of carbonyl (C=O) groups excluding carboxylic acids is 1.